The maximum Gasteiger partial charge on any atom is 0.407 e. The van der Waals surface area contributed by atoms with Crippen molar-refractivity contribution in [3.8, 4) is 0 Å². The van der Waals surface area contributed by atoms with Gasteiger partial charge in [-0.25, -0.2) is 14.8 Å². The van der Waals surface area contributed by atoms with Crippen LogP contribution in [-0.2, 0) is 11.3 Å². The topological polar surface area (TPSA) is 76.1 Å². The zero-order valence-corrected chi connectivity index (χ0v) is 12.3. The summed E-state index contributed by atoms with van der Waals surface area (Å²) in [6.45, 7) is 0.636. The minimum atomic E-state index is -0.449. The molecule has 2 aromatic rings. The summed E-state index contributed by atoms with van der Waals surface area (Å²) in [7, 11) is 1.76. The van der Waals surface area contributed by atoms with E-state index in [0.717, 1.165) is 11.1 Å². The molecule has 1 aromatic heterocycles. The first-order valence-corrected chi connectivity index (χ1v) is 6.89. The second-order valence-corrected chi connectivity index (χ2v) is 4.44. The Bertz CT molecular complexity index is 612. The maximum absolute atomic E-state index is 11.5. The largest absolute Gasteiger partial charge is 0.445 e. The van der Waals surface area contributed by atoms with Gasteiger partial charge in [0.05, 0.1) is 0 Å². The Morgan fingerprint density at radius 2 is 1.95 bits per heavy atom. The molecule has 0 radical (unpaired) electrons. The summed E-state index contributed by atoms with van der Waals surface area (Å²) in [4.78, 5) is 19.7. The highest BCUT2D eigenvalue weighted by atomic mass is 16.5. The first-order valence-electron chi connectivity index (χ1n) is 6.89. The van der Waals surface area contributed by atoms with Crippen LogP contribution in [0.2, 0.25) is 0 Å². The third kappa shape index (κ3) is 5.24. The van der Waals surface area contributed by atoms with Gasteiger partial charge in [-0.05, 0) is 5.56 Å². The number of hydrogen-bond acceptors (Lipinski definition) is 5. The van der Waals surface area contributed by atoms with Crippen LogP contribution in [0.5, 0.6) is 0 Å². The Hall–Kier alpha value is -2.89. The number of carbonyl (C=O) groups excluding carboxylic acids is 1. The molecule has 6 nitrogen and oxygen atoms in total. The smallest absolute Gasteiger partial charge is 0.407 e. The van der Waals surface area contributed by atoms with Gasteiger partial charge >= 0.3 is 6.09 Å². The highest BCUT2D eigenvalue weighted by molar-refractivity contribution is 5.67. The molecule has 0 aliphatic carbocycles. The Balaban J connectivity index is 1.68. The number of alkyl carbamates (subject to hydrolysis) is 1. The predicted octanol–water partition coefficient (Wildman–Crippen LogP) is 2.46. The monoisotopic (exact) mass is 298 g/mol. The molecule has 0 bridgehead atoms. The number of benzene rings is 1. The van der Waals surface area contributed by atoms with E-state index in [1.165, 1.54) is 0 Å². The van der Waals surface area contributed by atoms with Crippen LogP contribution in [0.25, 0.3) is 6.08 Å². The number of anilines is 1. The van der Waals surface area contributed by atoms with Gasteiger partial charge in [0.15, 0.2) is 0 Å². The summed E-state index contributed by atoms with van der Waals surface area (Å²) < 4.78 is 5.09. The quantitative estimate of drug-likeness (QED) is 0.856. The van der Waals surface area contributed by atoms with Gasteiger partial charge in [-0.15, -0.1) is 0 Å². The molecule has 0 saturated carbocycles. The van der Waals surface area contributed by atoms with E-state index in [0.29, 0.717) is 12.5 Å². The highest BCUT2D eigenvalue weighted by Crippen LogP contribution is 2.02. The number of hydrogen-bond donors (Lipinski definition) is 2. The summed E-state index contributed by atoms with van der Waals surface area (Å²) in [5.74, 6) is 0.569. The Kier molecular flexibility index (Phi) is 5.92. The molecule has 1 amide bonds. The third-order valence-electron chi connectivity index (χ3n) is 2.78. The van der Waals surface area contributed by atoms with Crippen LogP contribution in [0.3, 0.4) is 0 Å². The van der Waals surface area contributed by atoms with Crippen molar-refractivity contribution in [2.75, 3.05) is 18.9 Å². The number of amides is 1. The lowest BCUT2D eigenvalue weighted by Gasteiger charge is -2.05. The van der Waals surface area contributed by atoms with Crippen LogP contribution >= 0.6 is 0 Å². The minimum absolute atomic E-state index is 0.260. The van der Waals surface area contributed by atoms with Crippen LogP contribution in [0.4, 0.5) is 10.7 Å². The SMILES string of the molecule is CNc1ncc(C=CCNC(=O)OCc2ccccc2)cn1. The van der Waals surface area contributed by atoms with E-state index in [1.54, 1.807) is 19.4 Å². The Morgan fingerprint density at radius 3 is 2.64 bits per heavy atom. The molecule has 0 spiro atoms. The fourth-order valence-electron chi connectivity index (χ4n) is 1.66. The summed E-state index contributed by atoms with van der Waals surface area (Å²) in [6.07, 6.45) is 6.58. The number of rotatable bonds is 6. The van der Waals surface area contributed by atoms with Gasteiger partial charge < -0.3 is 15.4 Å². The van der Waals surface area contributed by atoms with Crippen molar-refractivity contribution in [3.63, 3.8) is 0 Å². The lowest BCUT2D eigenvalue weighted by Crippen LogP contribution is -2.24. The number of aromatic nitrogens is 2. The first-order chi connectivity index (χ1) is 10.8. The maximum atomic E-state index is 11.5. The molecule has 0 aliphatic rings. The fraction of sp³-hybridized carbons (Fsp3) is 0.188. The van der Waals surface area contributed by atoms with E-state index < -0.39 is 6.09 Å². The number of ether oxygens (including phenoxy) is 1. The average Bonchev–Trinajstić information content (AvgIpc) is 2.58. The summed E-state index contributed by atoms with van der Waals surface area (Å²) in [6, 6.07) is 9.53. The van der Waals surface area contributed by atoms with Gasteiger partial charge in [0.2, 0.25) is 5.95 Å². The van der Waals surface area contributed by atoms with Crippen LogP contribution < -0.4 is 10.6 Å². The van der Waals surface area contributed by atoms with E-state index in [4.69, 9.17) is 4.74 Å². The van der Waals surface area contributed by atoms with E-state index in [-0.39, 0.29) is 6.61 Å². The van der Waals surface area contributed by atoms with Crippen molar-refractivity contribution in [1.82, 2.24) is 15.3 Å². The number of nitrogens with zero attached hydrogens (tertiary/aromatic N) is 2. The Labute approximate surface area is 129 Å². The van der Waals surface area contributed by atoms with E-state index >= 15 is 0 Å². The molecule has 0 unspecified atom stereocenters. The van der Waals surface area contributed by atoms with E-state index in [2.05, 4.69) is 20.6 Å². The molecule has 1 heterocycles. The van der Waals surface area contributed by atoms with Crippen molar-refractivity contribution in [3.05, 3.63) is 59.9 Å². The second kappa shape index (κ2) is 8.41. The molecule has 114 valence electrons. The zero-order chi connectivity index (χ0) is 15.6. The van der Waals surface area contributed by atoms with Gasteiger partial charge in [-0.2, -0.15) is 0 Å². The first kappa shape index (κ1) is 15.5. The summed E-state index contributed by atoms with van der Waals surface area (Å²) in [5, 5.41) is 5.49. The second-order valence-electron chi connectivity index (χ2n) is 4.44. The lowest BCUT2D eigenvalue weighted by atomic mass is 10.2. The standard InChI is InChI=1S/C16H18N4O2/c1-17-15-19-10-14(11-20-15)8-5-9-18-16(21)22-12-13-6-3-2-4-7-13/h2-8,10-11H,9,12H2,1H3,(H,18,21)(H,17,19,20). The third-order valence-corrected chi connectivity index (χ3v) is 2.78. The van der Waals surface area contributed by atoms with Crippen molar-refractivity contribution in [1.29, 1.82) is 0 Å². The van der Waals surface area contributed by atoms with Gasteiger partial charge in [0.25, 0.3) is 0 Å². The van der Waals surface area contributed by atoms with Gasteiger partial charge in [-0.1, -0.05) is 42.5 Å². The number of nitrogens with one attached hydrogen (secondary N) is 2. The lowest BCUT2D eigenvalue weighted by molar-refractivity contribution is 0.141. The van der Waals surface area contributed by atoms with Gasteiger partial charge in [0.1, 0.15) is 6.61 Å². The molecule has 0 saturated heterocycles. The molecule has 0 atom stereocenters. The molecule has 0 aliphatic heterocycles. The summed E-state index contributed by atoms with van der Waals surface area (Å²) in [5.41, 5.74) is 1.81. The molecular formula is C16H18N4O2. The van der Waals surface area contributed by atoms with Crippen LogP contribution in [0, 0.1) is 0 Å². The molecular weight excluding hydrogens is 280 g/mol. The predicted molar refractivity (Wildman–Crippen MR) is 85.2 cm³/mol. The van der Waals surface area contributed by atoms with Gasteiger partial charge in [-0.3, -0.25) is 0 Å². The van der Waals surface area contributed by atoms with Crippen molar-refractivity contribution in [2.45, 2.75) is 6.61 Å². The molecule has 22 heavy (non-hydrogen) atoms. The highest BCUT2D eigenvalue weighted by Gasteiger charge is 2.00. The molecule has 2 rings (SSSR count). The number of carbonyl (C=O) groups is 1. The molecule has 6 heteroatoms. The van der Waals surface area contributed by atoms with Crippen LogP contribution in [0.15, 0.2) is 48.8 Å². The molecule has 2 N–H and O–H groups in total. The summed E-state index contributed by atoms with van der Waals surface area (Å²) >= 11 is 0. The van der Waals surface area contributed by atoms with Crippen molar-refractivity contribution < 1.29 is 9.53 Å². The van der Waals surface area contributed by atoms with Crippen LogP contribution in [-0.4, -0.2) is 29.7 Å². The van der Waals surface area contributed by atoms with Gasteiger partial charge in [0, 0.05) is 31.5 Å². The minimum Gasteiger partial charge on any atom is -0.445 e. The molecule has 0 fully saturated rings. The van der Waals surface area contributed by atoms with E-state index in [1.807, 2.05) is 42.5 Å². The average molecular weight is 298 g/mol. The van der Waals surface area contributed by atoms with Crippen LogP contribution in [0.1, 0.15) is 11.1 Å². The normalized spacial score (nSPS) is 10.4. The Morgan fingerprint density at radius 1 is 1.23 bits per heavy atom. The zero-order valence-electron chi connectivity index (χ0n) is 12.3. The van der Waals surface area contributed by atoms with E-state index in [9.17, 15) is 4.79 Å². The van der Waals surface area contributed by atoms with Crippen molar-refractivity contribution in [2.24, 2.45) is 0 Å². The molecule has 1 aromatic carbocycles. The van der Waals surface area contributed by atoms with Crippen molar-refractivity contribution >= 4 is 18.1 Å². The fourth-order valence-corrected chi connectivity index (χ4v) is 1.66.